The molecule has 1 aliphatic rings. The minimum atomic E-state index is -0.527. The van der Waals surface area contributed by atoms with E-state index in [4.69, 9.17) is 16.3 Å². The lowest BCUT2D eigenvalue weighted by Crippen LogP contribution is -2.46. The third-order valence-corrected chi connectivity index (χ3v) is 5.61. The van der Waals surface area contributed by atoms with Crippen LogP contribution in [0.15, 0.2) is 24.4 Å². The summed E-state index contributed by atoms with van der Waals surface area (Å²) in [5, 5.41) is 6.20. The second-order valence-electron chi connectivity index (χ2n) is 7.98. The van der Waals surface area contributed by atoms with E-state index < -0.39 is 11.7 Å². The largest absolute Gasteiger partial charge is 0.444 e. The molecule has 0 radical (unpaired) electrons. The van der Waals surface area contributed by atoms with Crippen molar-refractivity contribution in [1.29, 1.82) is 0 Å². The summed E-state index contributed by atoms with van der Waals surface area (Å²) < 4.78 is 20.5. The Morgan fingerprint density at radius 3 is 2.72 bits per heavy atom. The highest BCUT2D eigenvalue weighted by Crippen LogP contribution is 2.32. The summed E-state index contributed by atoms with van der Waals surface area (Å²) in [5.74, 6) is -0.268. The first-order valence-corrected chi connectivity index (χ1v) is 10.8. The number of carbonyl (C=O) groups is 1. The predicted octanol–water partition coefficient (Wildman–Crippen LogP) is 5.04. The van der Waals surface area contributed by atoms with Gasteiger partial charge in [-0.1, -0.05) is 17.7 Å². The van der Waals surface area contributed by atoms with Crippen molar-refractivity contribution in [3.05, 3.63) is 39.6 Å². The normalized spacial score (nSPS) is 15.3. The smallest absolute Gasteiger partial charge is 0.407 e. The standard InChI is InChI=1S/C20H26ClFN4O2S/c1-20(2,3)28-19(27)25-13-7-9-26(10-8-13)17-15(22)5-4-6-16(17)23-11-14-12-24-18(21)29-14/h4-6,12-13,23H,7-11H2,1-3H3,(H,25,27). The molecule has 3 rings (SSSR count). The minimum Gasteiger partial charge on any atom is -0.444 e. The molecule has 1 amide bonds. The Bertz CT molecular complexity index is 847. The number of hydrogen-bond donors (Lipinski definition) is 2. The number of para-hydroxylation sites is 1. The molecule has 0 saturated carbocycles. The van der Waals surface area contributed by atoms with Crippen molar-refractivity contribution in [2.75, 3.05) is 23.3 Å². The zero-order chi connectivity index (χ0) is 21.0. The molecule has 2 aromatic rings. The van der Waals surface area contributed by atoms with E-state index in [9.17, 15) is 9.18 Å². The van der Waals surface area contributed by atoms with Gasteiger partial charge in [0.05, 0.1) is 17.9 Å². The van der Waals surface area contributed by atoms with Crippen LogP contribution in [0.2, 0.25) is 4.47 Å². The number of nitrogens with zero attached hydrogens (tertiary/aromatic N) is 2. The molecule has 0 spiro atoms. The number of thiazole rings is 1. The molecule has 0 aliphatic carbocycles. The molecule has 1 fully saturated rings. The van der Waals surface area contributed by atoms with Crippen molar-refractivity contribution in [2.45, 2.75) is 51.8 Å². The third kappa shape index (κ3) is 6.21. The topological polar surface area (TPSA) is 66.5 Å². The average molecular weight is 441 g/mol. The average Bonchev–Trinajstić information content (AvgIpc) is 3.05. The number of aromatic nitrogens is 1. The molecule has 6 nitrogen and oxygen atoms in total. The molecule has 9 heteroatoms. The first-order chi connectivity index (χ1) is 13.7. The van der Waals surface area contributed by atoms with Gasteiger partial charge in [-0.25, -0.2) is 14.2 Å². The fraction of sp³-hybridized carbons (Fsp3) is 0.500. The van der Waals surface area contributed by atoms with Crippen LogP contribution >= 0.6 is 22.9 Å². The monoisotopic (exact) mass is 440 g/mol. The maximum Gasteiger partial charge on any atom is 0.407 e. The summed E-state index contributed by atoms with van der Waals surface area (Å²) in [6.45, 7) is 7.31. The lowest BCUT2D eigenvalue weighted by atomic mass is 10.0. The van der Waals surface area contributed by atoms with Gasteiger partial charge < -0.3 is 20.3 Å². The molecule has 1 saturated heterocycles. The lowest BCUT2D eigenvalue weighted by molar-refractivity contribution is 0.0497. The Hall–Kier alpha value is -2.06. The highest BCUT2D eigenvalue weighted by atomic mass is 35.5. The molecule has 1 aromatic carbocycles. The number of anilines is 2. The van der Waals surface area contributed by atoms with Gasteiger partial charge in [0.1, 0.15) is 11.4 Å². The summed E-state index contributed by atoms with van der Waals surface area (Å²) in [6, 6.07) is 5.04. The number of ether oxygens (including phenoxy) is 1. The second kappa shape index (κ2) is 9.17. The molecule has 158 valence electrons. The zero-order valence-electron chi connectivity index (χ0n) is 16.8. The first-order valence-electron chi connectivity index (χ1n) is 9.58. The second-order valence-corrected chi connectivity index (χ2v) is 9.67. The van der Waals surface area contributed by atoms with Crippen LogP contribution in [0.25, 0.3) is 0 Å². The van der Waals surface area contributed by atoms with Gasteiger partial charge >= 0.3 is 6.09 Å². The molecule has 2 N–H and O–H groups in total. The van der Waals surface area contributed by atoms with E-state index in [0.29, 0.717) is 29.8 Å². The van der Waals surface area contributed by atoms with Gasteiger partial charge in [0.25, 0.3) is 0 Å². The van der Waals surface area contributed by atoms with Crippen molar-refractivity contribution in [3.8, 4) is 0 Å². The molecular formula is C20H26ClFN4O2S. The number of amides is 1. The van der Waals surface area contributed by atoms with E-state index in [-0.39, 0.29) is 11.9 Å². The van der Waals surface area contributed by atoms with Crippen LogP contribution in [0.3, 0.4) is 0 Å². The zero-order valence-corrected chi connectivity index (χ0v) is 18.4. The van der Waals surface area contributed by atoms with Gasteiger partial charge in [0, 0.05) is 30.2 Å². The van der Waals surface area contributed by atoms with Gasteiger partial charge in [-0.15, -0.1) is 11.3 Å². The number of carbonyl (C=O) groups excluding carboxylic acids is 1. The number of nitrogens with one attached hydrogen (secondary N) is 2. The lowest BCUT2D eigenvalue weighted by Gasteiger charge is -2.35. The molecule has 0 unspecified atom stereocenters. The Labute approximate surface area is 179 Å². The van der Waals surface area contributed by atoms with Crippen LogP contribution in [0, 0.1) is 5.82 Å². The van der Waals surface area contributed by atoms with E-state index in [2.05, 4.69) is 15.6 Å². The Kier molecular flexibility index (Phi) is 6.85. The SMILES string of the molecule is CC(C)(C)OC(=O)NC1CCN(c2c(F)cccc2NCc2cnc(Cl)s2)CC1. The molecular weight excluding hydrogens is 415 g/mol. The van der Waals surface area contributed by atoms with Crippen molar-refractivity contribution >= 4 is 40.4 Å². The predicted molar refractivity (Wildman–Crippen MR) is 115 cm³/mol. The van der Waals surface area contributed by atoms with Crippen LogP contribution < -0.4 is 15.5 Å². The van der Waals surface area contributed by atoms with Gasteiger partial charge in [-0.2, -0.15) is 0 Å². The summed E-state index contributed by atoms with van der Waals surface area (Å²) in [4.78, 5) is 19.0. The quantitative estimate of drug-likeness (QED) is 0.681. The van der Waals surface area contributed by atoms with Gasteiger partial charge in [0.15, 0.2) is 4.47 Å². The first kappa shape index (κ1) is 21.6. The number of rotatable bonds is 5. The van der Waals surface area contributed by atoms with Crippen LogP contribution in [-0.4, -0.2) is 35.8 Å². The number of halogens is 2. The van der Waals surface area contributed by atoms with Gasteiger partial charge in [-0.05, 0) is 45.7 Å². The van der Waals surface area contributed by atoms with Crippen LogP contribution in [0.5, 0.6) is 0 Å². The molecule has 1 aliphatic heterocycles. The molecule has 2 heterocycles. The number of benzene rings is 1. The molecule has 0 bridgehead atoms. The Morgan fingerprint density at radius 2 is 2.10 bits per heavy atom. The fourth-order valence-corrected chi connectivity index (χ4v) is 4.17. The van der Waals surface area contributed by atoms with Crippen LogP contribution in [-0.2, 0) is 11.3 Å². The van der Waals surface area contributed by atoms with E-state index >= 15 is 0 Å². The fourth-order valence-electron chi connectivity index (χ4n) is 3.25. The van der Waals surface area contributed by atoms with E-state index in [1.165, 1.54) is 17.4 Å². The van der Waals surface area contributed by atoms with Crippen LogP contribution in [0.1, 0.15) is 38.5 Å². The van der Waals surface area contributed by atoms with Crippen molar-refractivity contribution in [1.82, 2.24) is 10.3 Å². The third-order valence-electron chi connectivity index (χ3n) is 4.50. The summed E-state index contributed by atoms with van der Waals surface area (Å²) in [5.41, 5.74) is 0.757. The van der Waals surface area contributed by atoms with Crippen molar-refractivity contribution in [2.24, 2.45) is 0 Å². The highest BCUT2D eigenvalue weighted by Gasteiger charge is 2.26. The van der Waals surface area contributed by atoms with Crippen molar-refractivity contribution < 1.29 is 13.9 Å². The number of alkyl carbamates (subject to hydrolysis) is 1. The van der Waals surface area contributed by atoms with Crippen LogP contribution in [0.4, 0.5) is 20.6 Å². The van der Waals surface area contributed by atoms with E-state index in [1.807, 2.05) is 31.7 Å². The summed E-state index contributed by atoms with van der Waals surface area (Å²) in [7, 11) is 0. The molecule has 0 atom stereocenters. The number of piperidine rings is 1. The highest BCUT2D eigenvalue weighted by molar-refractivity contribution is 7.15. The summed E-state index contributed by atoms with van der Waals surface area (Å²) >= 11 is 7.27. The minimum absolute atomic E-state index is 0.0172. The summed E-state index contributed by atoms with van der Waals surface area (Å²) in [6.07, 6.45) is 2.74. The van der Waals surface area contributed by atoms with Crippen molar-refractivity contribution in [3.63, 3.8) is 0 Å². The Morgan fingerprint density at radius 1 is 1.38 bits per heavy atom. The van der Waals surface area contributed by atoms with Gasteiger partial charge in [0.2, 0.25) is 0 Å². The van der Waals surface area contributed by atoms with E-state index in [1.54, 1.807) is 12.3 Å². The number of hydrogen-bond acceptors (Lipinski definition) is 6. The Balaban J connectivity index is 1.60. The van der Waals surface area contributed by atoms with Gasteiger partial charge in [-0.3, -0.25) is 0 Å². The molecule has 1 aromatic heterocycles. The molecule has 29 heavy (non-hydrogen) atoms. The maximum atomic E-state index is 14.7. The maximum absolute atomic E-state index is 14.7. The van der Waals surface area contributed by atoms with E-state index in [0.717, 1.165) is 23.4 Å².